The third kappa shape index (κ3) is 2.47. The second-order valence-electron chi connectivity index (χ2n) is 2.83. The lowest BCUT2D eigenvalue weighted by Crippen LogP contribution is -1.95. The monoisotopic (exact) mass is 162 g/mol. The minimum Gasteiger partial charge on any atom is -0.493 e. The minimum atomic E-state index is 0.801. The van der Waals surface area contributed by atoms with E-state index in [2.05, 4.69) is 18.4 Å². The minimum absolute atomic E-state index is 0.801. The summed E-state index contributed by atoms with van der Waals surface area (Å²) in [5.41, 5.74) is 6.89. The zero-order chi connectivity index (χ0) is 8.81. The summed E-state index contributed by atoms with van der Waals surface area (Å²) in [6, 6.07) is 0. The third-order valence-electron chi connectivity index (χ3n) is 1.72. The Labute approximate surface area is 73.7 Å². The van der Waals surface area contributed by atoms with Crippen molar-refractivity contribution in [3.63, 3.8) is 0 Å². The smallest absolute Gasteiger partial charge is 0.131 e. The highest BCUT2D eigenvalue weighted by atomic mass is 16.5. The fourth-order valence-corrected chi connectivity index (χ4v) is 0.924. The lowest BCUT2D eigenvalue weighted by atomic mass is 10.2. The normalized spacial score (nSPS) is 14.2. The van der Waals surface area contributed by atoms with Crippen LogP contribution in [0.25, 0.3) is 0 Å². The van der Waals surface area contributed by atoms with Crippen LogP contribution in [0, 0.1) is 0 Å². The second kappa shape index (κ2) is 4.66. The number of rotatable bonds is 4. The van der Waals surface area contributed by atoms with Crippen LogP contribution in [0.15, 0.2) is 34.9 Å². The summed E-state index contributed by atoms with van der Waals surface area (Å²) >= 11 is 0. The first-order chi connectivity index (χ1) is 5.84. The number of hydrogen-bond donors (Lipinski definition) is 0. The van der Waals surface area contributed by atoms with Crippen LogP contribution >= 0.6 is 0 Å². The molecule has 0 bridgehead atoms. The van der Waals surface area contributed by atoms with E-state index in [-0.39, 0.29) is 0 Å². The van der Waals surface area contributed by atoms with Gasteiger partial charge in [0.25, 0.3) is 0 Å². The molecule has 0 unspecified atom stereocenters. The van der Waals surface area contributed by atoms with E-state index in [0.29, 0.717) is 0 Å². The summed E-state index contributed by atoms with van der Waals surface area (Å²) in [4.78, 5) is 0. The highest BCUT2D eigenvalue weighted by molar-refractivity contribution is 5.30. The van der Waals surface area contributed by atoms with Crippen molar-refractivity contribution in [2.75, 3.05) is 6.61 Å². The van der Waals surface area contributed by atoms with E-state index in [1.165, 1.54) is 6.42 Å². The first-order valence-electron chi connectivity index (χ1n) is 4.35. The molecule has 1 heteroatoms. The zero-order valence-corrected chi connectivity index (χ0v) is 7.68. The molecule has 1 aliphatic rings. The molecule has 12 heavy (non-hydrogen) atoms. The quantitative estimate of drug-likeness (QED) is 0.456. The highest BCUT2D eigenvalue weighted by Crippen LogP contribution is 2.11. The molecule has 0 amide bonds. The van der Waals surface area contributed by atoms with Gasteiger partial charge in [-0.15, -0.1) is 0 Å². The van der Waals surface area contributed by atoms with Crippen molar-refractivity contribution >= 4 is 0 Å². The number of hydrogen-bond acceptors (Lipinski definition) is 1. The predicted molar refractivity (Wildman–Crippen MR) is 49.7 cm³/mol. The Hall–Kier alpha value is -1.16. The molecule has 0 aliphatic heterocycles. The standard InChI is InChI=1S/C11H14O/c1-3-4-9-12-11-8-6-5-7-10(11)2/h7-8H,3-4,9H2,1-2H3. The Morgan fingerprint density at radius 1 is 1.33 bits per heavy atom. The van der Waals surface area contributed by atoms with Crippen LogP contribution in [0.2, 0.25) is 0 Å². The molecule has 1 rings (SSSR count). The lowest BCUT2D eigenvalue weighted by molar-refractivity contribution is 0.217. The molecule has 0 spiro atoms. The fourth-order valence-electron chi connectivity index (χ4n) is 0.924. The van der Waals surface area contributed by atoms with Crippen molar-refractivity contribution in [1.82, 2.24) is 0 Å². The highest BCUT2D eigenvalue weighted by Gasteiger charge is 1.98. The van der Waals surface area contributed by atoms with E-state index in [9.17, 15) is 0 Å². The van der Waals surface area contributed by atoms with Crippen molar-refractivity contribution in [1.29, 1.82) is 0 Å². The van der Waals surface area contributed by atoms with E-state index >= 15 is 0 Å². The van der Waals surface area contributed by atoms with Gasteiger partial charge in [-0.25, -0.2) is 0 Å². The van der Waals surface area contributed by atoms with E-state index in [4.69, 9.17) is 4.74 Å². The summed E-state index contributed by atoms with van der Waals surface area (Å²) in [6.45, 7) is 4.97. The van der Waals surface area contributed by atoms with Gasteiger partial charge in [0.15, 0.2) is 0 Å². The van der Waals surface area contributed by atoms with Gasteiger partial charge in [-0.1, -0.05) is 24.8 Å². The molecule has 0 aromatic carbocycles. The maximum atomic E-state index is 5.53. The van der Waals surface area contributed by atoms with Crippen molar-refractivity contribution in [2.24, 2.45) is 0 Å². The van der Waals surface area contributed by atoms with Crippen LogP contribution in [0.3, 0.4) is 0 Å². The van der Waals surface area contributed by atoms with Gasteiger partial charge in [-0.3, -0.25) is 0 Å². The van der Waals surface area contributed by atoms with Gasteiger partial charge in [0, 0.05) is 11.6 Å². The summed E-state index contributed by atoms with van der Waals surface area (Å²) in [7, 11) is 0. The molecule has 0 saturated heterocycles. The Morgan fingerprint density at radius 2 is 2.08 bits per heavy atom. The van der Waals surface area contributed by atoms with Gasteiger partial charge in [-0.05, 0) is 19.4 Å². The van der Waals surface area contributed by atoms with Crippen LogP contribution in [0.5, 0.6) is 0 Å². The lowest BCUT2D eigenvalue weighted by Gasteiger charge is -2.07. The molecular formula is C11H14O. The van der Waals surface area contributed by atoms with Gasteiger partial charge in [0.05, 0.1) is 6.61 Å². The third-order valence-corrected chi connectivity index (χ3v) is 1.72. The van der Waals surface area contributed by atoms with Crippen LogP contribution in [0.4, 0.5) is 0 Å². The average Bonchev–Trinajstić information content (AvgIpc) is 2.09. The number of ether oxygens (including phenoxy) is 1. The molecule has 0 aromatic rings. The van der Waals surface area contributed by atoms with Crippen LogP contribution in [-0.2, 0) is 4.74 Å². The van der Waals surface area contributed by atoms with Gasteiger partial charge >= 0.3 is 0 Å². The topological polar surface area (TPSA) is 9.23 Å². The SMILES string of the molecule is CCCCOC1=C(C)C=C=C=C1. The summed E-state index contributed by atoms with van der Waals surface area (Å²) in [5, 5.41) is 0. The van der Waals surface area contributed by atoms with E-state index < -0.39 is 0 Å². The summed E-state index contributed by atoms with van der Waals surface area (Å²) < 4.78 is 5.53. The van der Waals surface area contributed by atoms with Crippen molar-refractivity contribution < 1.29 is 4.74 Å². The van der Waals surface area contributed by atoms with E-state index in [1.807, 2.05) is 19.1 Å². The molecule has 1 aliphatic carbocycles. The maximum absolute atomic E-state index is 5.53. The average molecular weight is 162 g/mol. The molecule has 0 N–H and O–H groups in total. The largest absolute Gasteiger partial charge is 0.493 e. The molecule has 0 radical (unpaired) electrons. The Kier molecular flexibility index (Phi) is 3.47. The van der Waals surface area contributed by atoms with Crippen LogP contribution < -0.4 is 0 Å². The summed E-state index contributed by atoms with van der Waals surface area (Å²) in [5.74, 6) is 0.933. The zero-order valence-electron chi connectivity index (χ0n) is 7.68. The molecule has 0 saturated carbocycles. The Morgan fingerprint density at radius 3 is 2.75 bits per heavy atom. The first kappa shape index (κ1) is 8.93. The Balaban J connectivity index is 2.43. The Bertz CT molecular complexity index is 271. The van der Waals surface area contributed by atoms with Crippen molar-refractivity contribution in [2.45, 2.75) is 26.7 Å². The van der Waals surface area contributed by atoms with E-state index in [0.717, 1.165) is 24.4 Å². The molecule has 0 atom stereocenters. The molecule has 1 nitrogen and oxygen atoms in total. The van der Waals surface area contributed by atoms with Gasteiger partial charge in [0.2, 0.25) is 0 Å². The molecular weight excluding hydrogens is 148 g/mol. The molecule has 0 heterocycles. The number of unbranched alkanes of at least 4 members (excludes halogenated alkanes) is 1. The van der Waals surface area contributed by atoms with Gasteiger partial charge in [-0.2, -0.15) is 0 Å². The van der Waals surface area contributed by atoms with Gasteiger partial charge < -0.3 is 4.74 Å². The molecule has 64 valence electrons. The van der Waals surface area contributed by atoms with Crippen LogP contribution in [-0.4, -0.2) is 6.61 Å². The summed E-state index contributed by atoms with van der Waals surface area (Å²) in [6.07, 6.45) is 6.01. The number of allylic oxidation sites excluding steroid dienone is 3. The fraction of sp³-hybridized carbons (Fsp3) is 0.455. The maximum Gasteiger partial charge on any atom is 0.131 e. The molecule has 0 fully saturated rings. The predicted octanol–water partition coefficient (Wildman–Crippen LogP) is 2.96. The molecule has 0 aromatic heterocycles. The van der Waals surface area contributed by atoms with Gasteiger partial charge in [0.1, 0.15) is 5.76 Å². The van der Waals surface area contributed by atoms with Crippen LogP contribution in [0.1, 0.15) is 26.7 Å². The van der Waals surface area contributed by atoms with Crippen molar-refractivity contribution in [3.05, 3.63) is 34.9 Å². The van der Waals surface area contributed by atoms with Crippen molar-refractivity contribution in [3.8, 4) is 0 Å². The first-order valence-corrected chi connectivity index (χ1v) is 4.35. The van der Waals surface area contributed by atoms with E-state index in [1.54, 1.807) is 0 Å². The second-order valence-corrected chi connectivity index (χ2v) is 2.83.